The van der Waals surface area contributed by atoms with Crippen molar-refractivity contribution in [2.75, 3.05) is 18.9 Å². The summed E-state index contributed by atoms with van der Waals surface area (Å²) in [5.41, 5.74) is 6.98. The van der Waals surface area contributed by atoms with E-state index in [2.05, 4.69) is 6.07 Å². The van der Waals surface area contributed by atoms with E-state index in [0.717, 1.165) is 22.9 Å². The standard InChI is InChI=1S/C13H18ClNOS/c14-12-6-2-1-5-11(12)13(8-15)17-9-10-4-3-7-16-10/h1-2,5-6,10,13H,3-4,7-9,15H2. The van der Waals surface area contributed by atoms with Gasteiger partial charge in [-0.3, -0.25) is 0 Å². The van der Waals surface area contributed by atoms with E-state index >= 15 is 0 Å². The van der Waals surface area contributed by atoms with Gasteiger partial charge in [-0.25, -0.2) is 0 Å². The van der Waals surface area contributed by atoms with Gasteiger partial charge in [-0.2, -0.15) is 0 Å². The molecule has 17 heavy (non-hydrogen) atoms. The largest absolute Gasteiger partial charge is 0.377 e. The maximum absolute atomic E-state index is 6.19. The number of benzene rings is 1. The maximum Gasteiger partial charge on any atom is 0.0666 e. The highest BCUT2D eigenvalue weighted by Gasteiger charge is 2.19. The fraction of sp³-hybridized carbons (Fsp3) is 0.538. The van der Waals surface area contributed by atoms with Gasteiger partial charge in [0.05, 0.1) is 6.10 Å². The third kappa shape index (κ3) is 3.62. The molecule has 0 aromatic heterocycles. The summed E-state index contributed by atoms with van der Waals surface area (Å²) in [6, 6.07) is 7.94. The topological polar surface area (TPSA) is 35.2 Å². The van der Waals surface area contributed by atoms with E-state index in [1.54, 1.807) is 0 Å². The second-order valence-electron chi connectivity index (χ2n) is 4.21. The normalized spacial score (nSPS) is 21.6. The van der Waals surface area contributed by atoms with Crippen molar-refractivity contribution >= 4 is 23.4 Å². The van der Waals surface area contributed by atoms with Crippen LogP contribution in [-0.2, 0) is 4.74 Å². The van der Waals surface area contributed by atoms with Crippen LogP contribution >= 0.6 is 23.4 Å². The fourth-order valence-electron chi connectivity index (χ4n) is 2.02. The van der Waals surface area contributed by atoms with Gasteiger partial charge in [0.1, 0.15) is 0 Å². The Balaban J connectivity index is 1.94. The molecule has 94 valence electrons. The number of halogens is 1. The third-order valence-electron chi connectivity index (χ3n) is 2.97. The van der Waals surface area contributed by atoms with Crippen molar-refractivity contribution in [2.45, 2.75) is 24.2 Å². The summed E-state index contributed by atoms with van der Waals surface area (Å²) in [6.07, 6.45) is 2.76. The Morgan fingerprint density at radius 3 is 2.94 bits per heavy atom. The first kappa shape index (κ1) is 13.2. The van der Waals surface area contributed by atoms with E-state index < -0.39 is 0 Å². The molecule has 2 rings (SSSR count). The SMILES string of the molecule is NCC(SCC1CCCO1)c1ccccc1Cl. The first-order chi connectivity index (χ1) is 8.31. The zero-order valence-corrected chi connectivity index (χ0v) is 11.3. The summed E-state index contributed by atoms with van der Waals surface area (Å²) < 4.78 is 5.62. The van der Waals surface area contributed by atoms with Crippen LogP contribution in [0.5, 0.6) is 0 Å². The maximum atomic E-state index is 6.19. The first-order valence-electron chi connectivity index (χ1n) is 5.99. The van der Waals surface area contributed by atoms with Gasteiger partial charge in [0, 0.05) is 29.2 Å². The molecule has 4 heteroatoms. The molecule has 0 saturated carbocycles. The van der Waals surface area contributed by atoms with Gasteiger partial charge in [-0.15, -0.1) is 11.8 Å². The molecule has 2 N–H and O–H groups in total. The molecule has 2 unspecified atom stereocenters. The Bertz CT molecular complexity index is 355. The van der Waals surface area contributed by atoms with E-state index in [-0.39, 0.29) is 5.25 Å². The van der Waals surface area contributed by atoms with Crippen LogP contribution in [0.4, 0.5) is 0 Å². The van der Waals surface area contributed by atoms with Gasteiger partial charge in [0.15, 0.2) is 0 Å². The number of nitrogens with two attached hydrogens (primary N) is 1. The highest BCUT2D eigenvalue weighted by molar-refractivity contribution is 7.99. The van der Waals surface area contributed by atoms with Crippen LogP contribution < -0.4 is 5.73 Å². The molecule has 2 nitrogen and oxygen atoms in total. The third-order valence-corrected chi connectivity index (χ3v) is 4.73. The lowest BCUT2D eigenvalue weighted by Gasteiger charge is -2.18. The molecular formula is C13H18ClNOS. The summed E-state index contributed by atoms with van der Waals surface area (Å²) in [7, 11) is 0. The molecule has 1 aliphatic heterocycles. The summed E-state index contributed by atoms with van der Waals surface area (Å²) in [4.78, 5) is 0. The van der Waals surface area contributed by atoms with Crippen molar-refractivity contribution in [2.24, 2.45) is 5.73 Å². The zero-order chi connectivity index (χ0) is 12.1. The quantitative estimate of drug-likeness (QED) is 0.893. The van der Waals surface area contributed by atoms with Gasteiger partial charge in [-0.1, -0.05) is 29.8 Å². The van der Waals surface area contributed by atoms with E-state index in [1.165, 1.54) is 12.8 Å². The number of ether oxygens (including phenoxy) is 1. The van der Waals surface area contributed by atoms with Gasteiger partial charge in [-0.05, 0) is 24.5 Å². The molecule has 1 heterocycles. The highest BCUT2D eigenvalue weighted by Crippen LogP contribution is 2.34. The lowest BCUT2D eigenvalue weighted by Crippen LogP contribution is -2.15. The molecular weight excluding hydrogens is 254 g/mol. The van der Waals surface area contributed by atoms with Crippen LogP contribution in [-0.4, -0.2) is 25.0 Å². The molecule has 1 fully saturated rings. The molecule has 0 amide bonds. The summed E-state index contributed by atoms with van der Waals surface area (Å²) >= 11 is 8.04. The lowest BCUT2D eigenvalue weighted by molar-refractivity contribution is 0.129. The number of hydrogen-bond donors (Lipinski definition) is 1. The van der Waals surface area contributed by atoms with E-state index in [0.29, 0.717) is 12.6 Å². The molecule has 0 radical (unpaired) electrons. The van der Waals surface area contributed by atoms with Crippen LogP contribution in [0.1, 0.15) is 23.7 Å². The Labute approximate surface area is 112 Å². The minimum Gasteiger partial charge on any atom is -0.377 e. The molecule has 2 atom stereocenters. The summed E-state index contributed by atoms with van der Waals surface area (Å²) in [6.45, 7) is 1.52. The zero-order valence-electron chi connectivity index (χ0n) is 9.77. The molecule has 1 aromatic carbocycles. The van der Waals surface area contributed by atoms with Gasteiger partial charge in [0.2, 0.25) is 0 Å². The highest BCUT2D eigenvalue weighted by atomic mass is 35.5. The Kier molecular flexibility index (Phi) is 5.16. The number of hydrogen-bond acceptors (Lipinski definition) is 3. The van der Waals surface area contributed by atoms with E-state index in [1.807, 2.05) is 30.0 Å². The molecule has 1 aliphatic rings. The smallest absolute Gasteiger partial charge is 0.0666 e. The van der Waals surface area contributed by atoms with Crippen molar-refractivity contribution in [3.8, 4) is 0 Å². The second-order valence-corrected chi connectivity index (χ2v) is 5.86. The van der Waals surface area contributed by atoms with E-state index in [4.69, 9.17) is 22.1 Å². The van der Waals surface area contributed by atoms with Crippen molar-refractivity contribution in [1.29, 1.82) is 0 Å². The molecule has 0 spiro atoms. The fourth-order valence-corrected chi connectivity index (χ4v) is 3.58. The van der Waals surface area contributed by atoms with E-state index in [9.17, 15) is 0 Å². The van der Waals surface area contributed by atoms with Gasteiger partial charge < -0.3 is 10.5 Å². The monoisotopic (exact) mass is 271 g/mol. The summed E-state index contributed by atoms with van der Waals surface area (Å²) in [5, 5.41) is 1.08. The minimum absolute atomic E-state index is 0.271. The van der Waals surface area contributed by atoms with Crippen LogP contribution in [0.15, 0.2) is 24.3 Å². The lowest BCUT2D eigenvalue weighted by atomic mass is 10.1. The number of rotatable bonds is 5. The van der Waals surface area contributed by atoms with Crippen molar-refractivity contribution in [3.63, 3.8) is 0 Å². The van der Waals surface area contributed by atoms with Crippen molar-refractivity contribution < 1.29 is 4.74 Å². The van der Waals surface area contributed by atoms with Crippen LogP contribution in [0.25, 0.3) is 0 Å². The van der Waals surface area contributed by atoms with Crippen molar-refractivity contribution in [3.05, 3.63) is 34.9 Å². The number of thioether (sulfide) groups is 1. The predicted octanol–water partition coefficient (Wildman–Crippen LogP) is 3.25. The average Bonchev–Trinajstić information content (AvgIpc) is 2.85. The van der Waals surface area contributed by atoms with Crippen LogP contribution in [0.3, 0.4) is 0 Å². The molecule has 0 bridgehead atoms. The predicted molar refractivity (Wildman–Crippen MR) is 74.7 cm³/mol. The summed E-state index contributed by atoms with van der Waals surface area (Å²) in [5.74, 6) is 1.01. The first-order valence-corrected chi connectivity index (χ1v) is 7.41. The van der Waals surface area contributed by atoms with Crippen molar-refractivity contribution in [1.82, 2.24) is 0 Å². The Hall–Kier alpha value is -0.220. The Morgan fingerprint density at radius 1 is 1.47 bits per heavy atom. The van der Waals surface area contributed by atoms with Crippen LogP contribution in [0.2, 0.25) is 5.02 Å². The van der Waals surface area contributed by atoms with Gasteiger partial charge >= 0.3 is 0 Å². The molecule has 0 aliphatic carbocycles. The van der Waals surface area contributed by atoms with Gasteiger partial charge in [0.25, 0.3) is 0 Å². The van der Waals surface area contributed by atoms with Crippen LogP contribution in [0, 0.1) is 0 Å². The minimum atomic E-state index is 0.271. The molecule has 1 aromatic rings. The Morgan fingerprint density at radius 2 is 2.29 bits per heavy atom. The average molecular weight is 272 g/mol. The molecule has 1 saturated heterocycles. The second kappa shape index (κ2) is 6.64.